The Bertz CT molecular complexity index is 1780. The van der Waals surface area contributed by atoms with Crippen LogP contribution in [-0.2, 0) is 10.2 Å². The van der Waals surface area contributed by atoms with Crippen molar-refractivity contribution in [2.24, 2.45) is 11.3 Å². The standard InChI is InChI=1S/C41H53BrN4O3/c1-39(2,3)49-38(48)45-24-20-40(21-25-45)18-12-28(13-19-40)27-44-22-14-29(15-23-44)30-10-11-31-34(26-30)46-33-9-7-8-32(42)35(33)36(47)43-37(46)41(31)16-5-4-6-17-41/h7-11,26,28-29H,4-6,12-25,27H2,1-3H3. The zero-order chi connectivity index (χ0) is 34.0. The highest BCUT2D eigenvalue weighted by Gasteiger charge is 2.47. The molecule has 0 unspecified atom stereocenters. The highest BCUT2D eigenvalue weighted by molar-refractivity contribution is 9.10. The smallest absolute Gasteiger partial charge is 0.410 e. The molecule has 2 saturated heterocycles. The molecule has 2 aromatic carbocycles. The first-order valence-corrected chi connectivity index (χ1v) is 19.9. The zero-order valence-corrected chi connectivity index (χ0v) is 31.3. The maximum Gasteiger partial charge on any atom is 0.410 e. The number of hydrogen-bond donors (Lipinski definition) is 0. The summed E-state index contributed by atoms with van der Waals surface area (Å²) in [7, 11) is 0. The lowest BCUT2D eigenvalue weighted by Gasteiger charge is -2.46. The van der Waals surface area contributed by atoms with Gasteiger partial charge in [-0.15, -0.1) is 0 Å². The maximum absolute atomic E-state index is 13.4. The molecule has 8 rings (SSSR count). The molecule has 0 N–H and O–H groups in total. The van der Waals surface area contributed by atoms with Gasteiger partial charge in [0, 0.05) is 24.1 Å². The van der Waals surface area contributed by atoms with E-state index in [0.29, 0.717) is 16.7 Å². The van der Waals surface area contributed by atoms with Crippen LogP contribution in [0.4, 0.5) is 4.79 Å². The Hall–Kier alpha value is -2.71. The summed E-state index contributed by atoms with van der Waals surface area (Å²) in [6.45, 7) is 11.1. The third kappa shape index (κ3) is 6.17. The van der Waals surface area contributed by atoms with E-state index in [1.807, 2.05) is 37.8 Å². The molecule has 0 atom stereocenters. The van der Waals surface area contributed by atoms with Gasteiger partial charge in [0.2, 0.25) is 0 Å². The lowest BCUT2D eigenvalue weighted by atomic mass is 9.65. The van der Waals surface area contributed by atoms with Crippen LogP contribution in [0, 0.1) is 11.3 Å². The number of carbonyl (C=O) groups is 1. The average molecular weight is 730 g/mol. The van der Waals surface area contributed by atoms with E-state index < -0.39 is 5.60 Å². The van der Waals surface area contributed by atoms with Crippen LogP contribution in [0.25, 0.3) is 16.6 Å². The van der Waals surface area contributed by atoms with E-state index >= 15 is 0 Å². The van der Waals surface area contributed by atoms with E-state index in [1.54, 1.807) is 0 Å². The molecule has 0 radical (unpaired) electrons. The van der Waals surface area contributed by atoms with E-state index in [4.69, 9.17) is 9.72 Å². The number of halogens is 1. The Balaban J connectivity index is 0.917. The SMILES string of the molecule is CC(C)(C)OC(=O)N1CCC2(CCC(CN3CCC(c4ccc5c(c4)-n4c(nc(=O)c6c(Br)cccc64)C54CCCCC4)CC3)CC2)CC1. The number of piperidine rings is 2. The Morgan fingerprint density at radius 3 is 2.33 bits per heavy atom. The summed E-state index contributed by atoms with van der Waals surface area (Å²) < 4.78 is 8.81. The molecular formula is C41H53BrN4O3. The van der Waals surface area contributed by atoms with E-state index in [0.717, 1.165) is 60.5 Å². The largest absolute Gasteiger partial charge is 0.444 e. The fraction of sp³-hybridized carbons (Fsp3) is 0.634. The lowest BCUT2D eigenvalue weighted by Crippen LogP contribution is -2.46. The first-order valence-electron chi connectivity index (χ1n) is 19.1. The lowest BCUT2D eigenvalue weighted by molar-refractivity contribution is -0.000221. The van der Waals surface area contributed by atoms with Gasteiger partial charge in [0.05, 0.1) is 22.0 Å². The summed E-state index contributed by atoms with van der Waals surface area (Å²) in [5, 5.41) is 0.684. The van der Waals surface area contributed by atoms with Crippen LogP contribution in [0.1, 0.15) is 127 Å². The molecule has 5 aliphatic rings. The van der Waals surface area contributed by atoms with Crippen LogP contribution in [-0.4, -0.2) is 63.8 Å². The summed E-state index contributed by atoms with van der Waals surface area (Å²) >= 11 is 3.66. The zero-order valence-electron chi connectivity index (χ0n) is 29.7. The second kappa shape index (κ2) is 12.8. The summed E-state index contributed by atoms with van der Waals surface area (Å²) in [6.07, 6.45) is 15.5. The number of fused-ring (bicyclic) bond motifs is 7. The van der Waals surface area contributed by atoms with Crippen LogP contribution in [0.15, 0.2) is 45.7 Å². The van der Waals surface area contributed by atoms with E-state index in [2.05, 4.69) is 49.7 Å². The predicted octanol–water partition coefficient (Wildman–Crippen LogP) is 9.10. The average Bonchev–Trinajstić information content (AvgIpc) is 3.34. The van der Waals surface area contributed by atoms with Gasteiger partial charge in [-0.3, -0.25) is 9.36 Å². The Labute approximate surface area is 299 Å². The fourth-order valence-electron chi connectivity index (χ4n) is 10.2. The Kier molecular flexibility index (Phi) is 8.74. The highest BCUT2D eigenvalue weighted by Crippen LogP contribution is 2.52. The number of likely N-dealkylation sites (tertiary alicyclic amines) is 2. The minimum absolute atomic E-state index is 0.115. The van der Waals surface area contributed by atoms with Crippen molar-refractivity contribution in [3.8, 4) is 5.69 Å². The van der Waals surface area contributed by atoms with Crippen molar-refractivity contribution in [3.05, 3.63) is 68.2 Å². The monoisotopic (exact) mass is 728 g/mol. The van der Waals surface area contributed by atoms with E-state index in [9.17, 15) is 9.59 Å². The third-order valence-corrected chi connectivity index (χ3v) is 13.7. The normalized spacial score (nSPS) is 22.8. The molecule has 4 heterocycles. The van der Waals surface area contributed by atoms with Crippen molar-refractivity contribution in [3.63, 3.8) is 0 Å². The van der Waals surface area contributed by atoms with Crippen LogP contribution in [0.2, 0.25) is 0 Å². The third-order valence-electron chi connectivity index (χ3n) is 13.0. The molecule has 262 valence electrons. The number of nitrogens with zero attached hydrogens (tertiary/aromatic N) is 4. The van der Waals surface area contributed by atoms with Crippen LogP contribution in [0.5, 0.6) is 0 Å². The number of aromatic nitrogens is 2. The number of benzene rings is 2. The minimum Gasteiger partial charge on any atom is -0.444 e. The van der Waals surface area contributed by atoms with Crippen LogP contribution >= 0.6 is 15.9 Å². The van der Waals surface area contributed by atoms with E-state index in [1.165, 1.54) is 94.2 Å². The maximum atomic E-state index is 13.4. The van der Waals surface area contributed by atoms with Gasteiger partial charge in [-0.2, -0.15) is 4.98 Å². The molecule has 2 saturated carbocycles. The quantitative estimate of drug-likeness (QED) is 0.269. The molecule has 2 spiro atoms. The molecule has 4 fully saturated rings. The number of amides is 1. The second-order valence-corrected chi connectivity index (χ2v) is 18.0. The van der Waals surface area contributed by atoms with Crippen LogP contribution < -0.4 is 5.56 Å². The van der Waals surface area contributed by atoms with Crippen molar-refractivity contribution in [2.75, 3.05) is 32.7 Å². The molecule has 7 nitrogen and oxygen atoms in total. The van der Waals surface area contributed by atoms with Crippen molar-refractivity contribution in [1.82, 2.24) is 19.4 Å². The Morgan fingerprint density at radius 2 is 1.63 bits per heavy atom. The van der Waals surface area contributed by atoms with Crippen molar-refractivity contribution >= 4 is 32.9 Å². The second-order valence-electron chi connectivity index (χ2n) is 17.1. The van der Waals surface area contributed by atoms with Gasteiger partial charge in [0.1, 0.15) is 11.4 Å². The number of ether oxygens (including phenoxy) is 1. The minimum atomic E-state index is -0.433. The Morgan fingerprint density at radius 1 is 0.918 bits per heavy atom. The molecule has 3 aromatic rings. The predicted molar refractivity (Wildman–Crippen MR) is 199 cm³/mol. The van der Waals surface area contributed by atoms with Crippen molar-refractivity contribution in [1.29, 1.82) is 0 Å². The molecule has 8 heteroatoms. The number of carbonyl (C=O) groups excluding carboxylic acids is 1. The number of rotatable bonds is 3. The van der Waals surface area contributed by atoms with Gasteiger partial charge in [0.15, 0.2) is 0 Å². The molecule has 2 aliphatic carbocycles. The molecular weight excluding hydrogens is 676 g/mol. The summed E-state index contributed by atoms with van der Waals surface area (Å²) in [4.78, 5) is 35.5. The van der Waals surface area contributed by atoms with Gasteiger partial charge >= 0.3 is 6.09 Å². The molecule has 0 bridgehead atoms. The first-order chi connectivity index (χ1) is 23.5. The highest BCUT2D eigenvalue weighted by atomic mass is 79.9. The molecule has 3 aliphatic heterocycles. The van der Waals surface area contributed by atoms with Gasteiger partial charge in [-0.25, -0.2) is 4.79 Å². The fourth-order valence-corrected chi connectivity index (χ4v) is 10.8. The molecule has 1 amide bonds. The molecule has 1 aromatic heterocycles. The van der Waals surface area contributed by atoms with Crippen molar-refractivity contribution in [2.45, 2.75) is 121 Å². The first kappa shape index (κ1) is 33.4. The van der Waals surface area contributed by atoms with Gasteiger partial charge in [0.25, 0.3) is 5.56 Å². The summed E-state index contributed by atoms with van der Waals surface area (Å²) in [6, 6.07) is 13.4. The van der Waals surface area contributed by atoms with Crippen LogP contribution in [0.3, 0.4) is 0 Å². The summed E-state index contributed by atoms with van der Waals surface area (Å²) in [5.41, 5.74) is 4.76. The van der Waals surface area contributed by atoms with Gasteiger partial charge in [-0.05, 0) is 161 Å². The van der Waals surface area contributed by atoms with E-state index in [-0.39, 0.29) is 17.1 Å². The number of hydrogen-bond acceptors (Lipinski definition) is 5. The summed E-state index contributed by atoms with van der Waals surface area (Å²) in [5.74, 6) is 2.31. The van der Waals surface area contributed by atoms with Gasteiger partial charge < -0.3 is 14.5 Å². The molecule has 49 heavy (non-hydrogen) atoms. The van der Waals surface area contributed by atoms with Gasteiger partial charge in [-0.1, -0.05) is 37.5 Å². The topological polar surface area (TPSA) is 67.7 Å². The van der Waals surface area contributed by atoms with Crippen molar-refractivity contribution < 1.29 is 9.53 Å².